The molecule has 2 saturated carbocycles. The summed E-state index contributed by atoms with van der Waals surface area (Å²) < 4.78 is 33.6. The van der Waals surface area contributed by atoms with Gasteiger partial charge in [0.05, 0.1) is 17.8 Å². The molecule has 0 radical (unpaired) electrons. The van der Waals surface area contributed by atoms with Crippen molar-refractivity contribution in [1.82, 2.24) is 0 Å². The van der Waals surface area contributed by atoms with Gasteiger partial charge in [-0.1, -0.05) is 26.8 Å². The number of carbonyl (C=O) groups excluding carboxylic acids is 1. The molecule has 2 aliphatic carbocycles. The molecule has 3 saturated heterocycles. The second kappa shape index (κ2) is 6.06. The van der Waals surface area contributed by atoms with Crippen molar-refractivity contribution in [3.8, 4) is 0 Å². The fourth-order valence-electron chi connectivity index (χ4n) is 8.37. The lowest BCUT2D eigenvalue weighted by molar-refractivity contribution is -0.457. The number of hydrogen-bond donors (Lipinski definition) is 0. The predicted molar refractivity (Wildman–Crippen MR) is 119 cm³/mol. The van der Waals surface area contributed by atoms with Crippen molar-refractivity contribution < 1.29 is 28.5 Å². The van der Waals surface area contributed by atoms with Crippen molar-refractivity contribution in [3.63, 3.8) is 0 Å². The van der Waals surface area contributed by atoms with Crippen LogP contribution >= 0.6 is 0 Å². The maximum Gasteiger partial charge on any atom is 0.171 e. The summed E-state index contributed by atoms with van der Waals surface area (Å²) in [4.78, 5) is 14.4. The third-order valence-electron chi connectivity index (χ3n) is 9.27. The Balaban J connectivity index is 1.84. The number of ether oxygens (including phenoxy) is 5. The Kier molecular flexibility index (Phi) is 4.35. The molecule has 0 amide bonds. The van der Waals surface area contributed by atoms with Crippen LogP contribution in [0.2, 0.25) is 0 Å². The average molecular weight is 449 g/mol. The zero-order valence-electron chi connectivity index (χ0n) is 21.2. The van der Waals surface area contributed by atoms with Crippen LogP contribution in [0, 0.1) is 16.7 Å². The molecule has 0 N–H and O–H groups in total. The third-order valence-corrected chi connectivity index (χ3v) is 9.27. The van der Waals surface area contributed by atoms with Crippen molar-refractivity contribution in [2.45, 2.75) is 128 Å². The Morgan fingerprint density at radius 1 is 0.906 bits per heavy atom. The van der Waals surface area contributed by atoms with E-state index in [0.717, 1.165) is 12.8 Å². The van der Waals surface area contributed by atoms with Crippen LogP contribution in [0.15, 0.2) is 12.7 Å². The van der Waals surface area contributed by atoms with Gasteiger partial charge in [0.25, 0.3) is 0 Å². The summed E-state index contributed by atoms with van der Waals surface area (Å²) in [5, 5.41) is 0. The smallest absolute Gasteiger partial charge is 0.171 e. The zero-order valence-corrected chi connectivity index (χ0v) is 21.2. The molecule has 1 spiro atoms. The van der Waals surface area contributed by atoms with Crippen molar-refractivity contribution in [1.29, 1.82) is 0 Å². The normalized spacial score (nSPS) is 54.8. The molecule has 5 aliphatic rings. The van der Waals surface area contributed by atoms with E-state index in [1.165, 1.54) is 0 Å². The number of carbonyl (C=O) groups is 1. The van der Waals surface area contributed by atoms with Gasteiger partial charge in [0.1, 0.15) is 11.7 Å². The Morgan fingerprint density at radius 3 is 2.19 bits per heavy atom. The predicted octanol–water partition coefficient (Wildman–Crippen LogP) is 4.55. The summed E-state index contributed by atoms with van der Waals surface area (Å²) >= 11 is 0. The first-order valence-electron chi connectivity index (χ1n) is 12.1. The van der Waals surface area contributed by atoms with Crippen LogP contribution in [0.5, 0.6) is 0 Å². The van der Waals surface area contributed by atoms with Crippen LogP contribution in [0.3, 0.4) is 0 Å². The topological polar surface area (TPSA) is 63.2 Å². The van der Waals surface area contributed by atoms with Gasteiger partial charge in [0.2, 0.25) is 0 Å². The molecule has 6 heteroatoms. The minimum atomic E-state index is -1.23. The number of fused-ring (bicyclic) bond motifs is 3. The molecule has 0 aromatic carbocycles. The summed E-state index contributed by atoms with van der Waals surface area (Å²) in [5.41, 5.74) is -3.88. The summed E-state index contributed by atoms with van der Waals surface area (Å²) in [6, 6.07) is 0. The minimum absolute atomic E-state index is 0.00895. The van der Waals surface area contributed by atoms with E-state index in [2.05, 4.69) is 27.4 Å². The summed E-state index contributed by atoms with van der Waals surface area (Å²) in [7, 11) is 0. The standard InChI is InChI=1S/C26H40O6/c1-11-23(8)14-15(27)26-24(9)16(28-22(6,7)31-26)12-13-20(2,3)18(24)17-19(25(26,10)32-23)30-21(4,5)29-17/h11,16-19H,1,12-14H2,2-10H3/t16-,17-,18-,19-,23+,24-,25+,26-/m0/s1. The van der Waals surface area contributed by atoms with Gasteiger partial charge in [-0.25, -0.2) is 0 Å². The van der Waals surface area contributed by atoms with Crippen LogP contribution in [-0.2, 0) is 28.5 Å². The fourth-order valence-corrected chi connectivity index (χ4v) is 8.37. The van der Waals surface area contributed by atoms with Gasteiger partial charge in [-0.2, -0.15) is 0 Å². The fraction of sp³-hybridized carbons (Fsp3) is 0.885. The second-order valence-corrected chi connectivity index (χ2v) is 12.9. The quantitative estimate of drug-likeness (QED) is 0.549. The largest absolute Gasteiger partial charge is 0.358 e. The molecule has 8 atom stereocenters. The van der Waals surface area contributed by atoms with Gasteiger partial charge in [-0.3, -0.25) is 4.79 Å². The lowest BCUT2D eigenvalue weighted by Crippen LogP contribution is -2.89. The van der Waals surface area contributed by atoms with Gasteiger partial charge in [-0.05, 0) is 59.8 Å². The maximum atomic E-state index is 14.4. The van der Waals surface area contributed by atoms with E-state index in [0.29, 0.717) is 0 Å². The molecule has 5 rings (SSSR count). The molecular formula is C26H40O6. The van der Waals surface area contributed by atoms with Crippen molar-refractivity contribution in [2.75, 3.05) is 0 Å². The highest BCUT2D eigenvalue weighted by molar-refractivity contribution is 5.93. The van der Waals surface area contributed by atoms with E-state index >= 15 is 0 Å². The lowest BCUT2D eigenvalue weighted by atomic mass is 9.39. The SMILES string of the molecule is C=C[C@]1(C)CC(=O)[C@@]23OC(C)(C)O[C@H]4CCC(C)(C)[C@H]([C@@H]5OC(C)(C)O[C@@H]5[C@@]2(C)O1)[C@]43C. The lowest BCUT2D eigenvalue weighted by Gasteiger charge is -2.75. The summed E-state index contributed by atoms with van der Waals surface area (Å²) in [6.07, 6.45) is 2.91. The van der Waals surface area contributed by atoms with E-state index in [1.807, 2.05) is 41.5 Å². The van der Waals surface area contributed by atoms with Gasteiger partial charge in [0, 0.05) is 17.8 Å². The van der Waals surface area contributed by atoms with Crippen LogP contribution in [-0.4, -0.2) is 52.5 Å². The highest BCUT2D eigenvalue weighted by Crippen LogP contribution is 2.72. The van der Waals surface area contributed by atoms with Crippen LogP contribution in [0.1, 0.15) is 81.6 Å². The first kappa shape index (κ1) is 23.0. The highest BCUT2D eigenvalue weighted by Gasteiger charge is 2.86. The number of hydrogen-bond acceptors (Lipinski definition) is 6. The molecule has 180 valence electrons. The summed E-state index contributed by atoms with van der Waals surface area (Å²) in [5.74, 6) is -1.69. The van der Waals surface area contributed by atoms with E-state index in [9.17, 15) is 4.79 Å². The second-order valence-electron chi connectivity index (χ2n) is 12.9. The Labute approximate surface area is 192 Å². The van der Waals surface area contributed by atoms with Crippen molar-refractivity contribution in [3.05, 3.63) is 12.7 Å². The van der Waals surface area contributed by atoms with Gasteiger partial charge < -0.3 is 23.7 Å². The van der Waals surface area contributed by atoms with Crippen LogP contribution in [0.4, 0.5) is 0 Å². The highest BCUT2D eigenvalue weighted by atomic mass is 16.8. The molecule has 6 nitrogen and oxygen atoms in total. The van der Waals surface area contributed by atoms with E-state index in [-0.39, 0.29) is 35.7 Å². The first-order chi connectivity index (χ1) is 14.5. The molecule has 0 bridgehead atoms. The van der Waals surface area contributed by atoms with Gasteiger partial charge >= 0.3 is 0 Å². The number of ketones is 1. The molecular weight excluding hydrogens is 408 g/mol. The Hall–Kier alpha value is -0.790. The third kappa shape index (κ3) is 2.51. The molecule has 0 aromatic heterocycles. The van der Waals surface area contributed by atoms with Crippen molar-refractivity contribution in [2.24, 2.45) is 16.7 Å². The minimum Gasteiger partial charge on any atom is -0.358 e. The molecule has 0 unspecified atom stereocenters. The molecule has 32 heavy (non-hydrogen) atoms. The number of rotatable bonds is 1. The van der Waals surface area contributed by atoms with Crippen molar-refractivity contribution >= 4 is 5.78 Å². The first-order valence-corrected chi connectivity index (χ1v) is 12.1. The summed E-state index contributed by atoms with van der Waals surface area (Å²) in [6.45, 7) is 22.4. The Morgan fingerprint density at radius 2 is 1.56 bits per heavy atom. The molecule has 5 fully saturated rings. The van der Waals surface area contributed by atoms with Crippen LogP contribution in [0.25, 0.3) is 0 Å². The monoisotopic (exact) mass is 448 g/mol. The molecule has 3 heterocycles. The Bertz CT molecular complexity index is 878. The maximum absolute atomic E-state index is 14.4. The van der Waals surface area contributed by atoms with E-state index in [4.69, 9.17) is 23.7 Å². The van der Waals surface area contributed by atoms with Crippen LogP contribution < -0.4 is 0 Å². The number of Topliss-reactive ketones (excluding diaryl/α,β-unsaturated/α-hetero) is 1. The zero-order chi connectivity index (χ0) is 23.8. The average Bonchev–Trinajstić information content (AvgIpc) is 2.95. The van der Waals surface area contributed by atoms with E-state index < -0.39 is 39.9 Å². The molecule has 3 aliphatic heterocycles. The molecule has 0 aromatic rings. The van der Waals surface area contributed by atoms with Gasteiger partial charge in [0.15, 0.2) is 23.0 Å². The van der Waals surface area contributed by atoms with Gasteiger partial charge in [-0.15, -0.1) is 6.58 Å². The van der Waals surface area contributed by atoms with E-state index in [1.54, 1.807) is 6.08 Å².